The zero-order chi connectivity index (χ0) is 20.9. The van der Waals surface area contributed by atoms with Gasteiger partial charge in [-0.3, -0.25) is 0 Å². The van der Waals surface area contributed by atoms with Crippen molar-refractivity contribution < 1.29 is 28.6 Å². The lowest BCUT2D eigenvalue weighted by Gasteiger charge is -2.38. The number of benzene rings is 1. The fraction of sp³-hybridized carbons (Fsp3) is 0.400. The van der Waals surface area contributed by atoms with E-state index in [0.717, 1.165) is 11.3 Å². The molecule has 1 aromatic carbocycles. The number of esters is 3. The average molecular weight is 399 g/mol. The van der Waals surface area contributed by atoms with Crippen LogP contribution in [0, 0.1) is 0 Å². The second-order valence-electron chi connectivity index (χ2n) is 7.13. The number of carbonyl (C=O) groups is 3. The van der Waals surface area contributed by atoms with Crippen LogP contribution in [0.1, 0.15) is 12.0 Å². The summed E-state index contributed by atoms with van der Waals surface area (Å²) in [5.41, 5.74) is 0.938. The Kier molecular flexibility index (Phi) is 4.33. The molecule has 1 spiro atoms. The number of nitrogens with one attached hydrogen (secondary N) is 1. The zero-order valence-electron chi connectivity index (χ0n) is 16.5. The van der Waals surface area contributed by atoms with E-state index in [9.17, 15) is 14.4 Å². The predicted molar refractivity (Wildman–Crippen MR) is 102 cm³/mol. The van der Waals surface area contributed by atoms with Crippen molar-refractivity contribution in [1.29, 1.82) is 0 Å². The van der Waals surface area contributed by atoms with Crippen LogP contribution in [0.25, 0.3) is 0 Å². The highest BCUT2D eigenvalue weighted by atomic mass is 16.5. The van der Waals surface area contributed by atoms with Gasteiger partial charge in [0.25, 0.3) is 0 Å². The quantitative estimate of drug-likeness (QED) is 0.571. The number of amidine groups is 1. The monoisotopic (exact) mass is 399 g/mol. The summed E-state index contributed by atoms with van der Waals surface area (Å²) in [6.07, 6.45) is 0.319. The minimum absolute atomic E-state index is 0.106. The SMILES string of the molecule is COC(=O)C1=C(C(=O)OC)C2N(C)c3ccccc3[C@@]23C[C@@H](C(=O)OC)NC3=N1. The van der Waals surface area contributed by atoms with E-state index in [-0.39, 0.29) is 11.3 Å². The fourth-order valence-corrected chi connectivity index (χ4v) is 4.75. The number of fused-ring (bicyclic) bond motifs is 1. The molecule has 0 amide bonds. The van der Waals surface area contributed by atoms with Crippen molar-refractivity contribution in [2.24, 2.45) is 4.99 Å². The molecular weight excluding hydrogens is 378 g/mol. The van der Waals surface area contributed by atoms with Crippen molar-refractivity contribution in [2.45, 2.75) is 23.9 Å². The molecule has 1 aromatic rings. The first-order chi connectivity index (χ1) is 13.9. The second kappa shape index (κ2) is 6.61. The van der Waals surface area contributed by atoms with Gasteiger partial charge in [-0.05, 0) is 18.1 Å². The molecule has 4 rings (SSSR count). The Labute approximate surface area is 167 Å². The van der Waals surface area contributed by atoms with Crippen LogP contribution >= 0.6 is 0 Å². The predicted octanol–water partition coefficient (Wildman–Crippen LogP) is 0.290. The van der Waals surface area contributed by atoms with Crippen molar-refractivity contribution in [3.63, 3.8) is 0 Å². The third kappa shape index (κ3) is 2.39. The van der Waals surface area contributed by atoms with Crippen LogP contribution in [0.5, 0.6) is 0 Å². The highest BCUT2D eigenvalue weighted by Gasteiger charge is 2.63. The van der Waals surface area contributed by atoms with Gasteiger partial charge in [0.15, 0.2) is 5.70 Å². The molecule has 1 fully saturated rings. The van der Waals surface area contributed by atoms with Gasteiger partial charge in [0.05, 0.1) is 38.4 Å². The van der Waals surface area contributed by atoms with Crippen LogP contribution in [0.4, 0.5) is 5.69 Å². The Bertz CT molecular complexity index is 984. The first kappa shape index (κ1) is 19.0. The van der Waals surface area contributed by atoms with Crippen LogP contribution in [-0.2, 0) is 34.0 Å². The van der Waals surface area contributed by atoms with Gasteiger partial charge in [0.2, 0.25) is 0 Å². The Morgan fingerprint density at radius 3 is 2.45 bits per heavy atom. The third-order valence-corrected chi connectivity index (χ3v) is 5.90. The van der Waals surface area contributed by atoms with Crippen molar-refractivity contribution in [2.75, 3.05) is 33.3 Å². The van der Waals surface area contributed by atoms with Crippen molar-refractivity contribution in [1.82, 2.24) is 5.32 Å². The molecule has 0 aliphatic carbocycles. The molecule has 0 aromatic heterocycles. The molecule has 1 unspecified atom stereocenters. The van der Waals surface area contributed by atoms with Gasteiger partial charge in [-0.2, -0.15) is 0 Å². The second-order valence-corrected chi connectivity index (χ2v) is 7.13. The normalized spacial score (nSPS) is 26.6. The van der Waals surface area contributed by atoms with Crippen LogP contribution in [0.3, 0.4) is 0 Å². The average Bonchev–Trinajstić information content (AvgIpc) is 3.26. The molecule has 3 heterocycles. The summed E-state index contributed by atoms with van der Waals surface area (Å²) >= 11 is 0. The van der Waals surface area contributed by atoms with Crippen molar-refractivity contribution in [3.05, 3.63) is 41.1 Å². The minimum Gasteiger partial charge on any atom is -0.467 e. The van der Waals surface area contributed by atoms with Gasteiger partial charge < -0.3 is 24.4 Å². The van der Waals surface area contributed by atoms with E-state index in [0.29, 0.717) is 12.3 Å². The summed E-state index contributed by atoms with van der Waals surface area (Å²) in [4.78, 5) is 44.0. The maximum Gasteiger partial charge on any atom is 0.357 e. The number of methoxy groups -OCH3 is 3. The van der Waals surface area contributed by atoms with Crippen molar-refractivity contribution >= 4 is 29.4 Å². The lowest BCUT2D eigenvalue weighted by molar-refractivity contribution is -0.142. The van der Waals surface area contributed by atoms with Crippen LogP contribution < -0.4 is 10.2 Å². The minimum atomic E-state index is -0.828. The summed E-state index contributed by atoms with van der Waals surface area (Å²) in [6, 6.07) is 6.39. The van der Waals surface area contributed by atoms with Gasteiger partial charge in [0.1, 0.15) is 11.9 Å². The topological polar surface area (TPSA) is 107 Å². The largest absolute Gasteiger partial charge is 0.467 e. The zero-order valence-corrected chi connectivity index (χ0v) is 16.5. The van der Waals surface area contributed by atoms with Gasteiger partial charge in [-0.25, -0.2) is 19.4 Å². The summed E-state index contributed by atoms with van der Waals surface area (Å²) < 4.78 is 14.8. The van der Waals surface area contributed by atoms with Gasteiger partial charge in [0, 0.05) is 12.7 Å². The number of rotatable bonds is 3. The summed E-state index contributed by atoms with van der Waals surface area (Å²) in [5, 5.41) is 3.11. The molecule has 0 saturated carbocycles. The number of anilines is 1. The highest BCUT2D eigenvalue weighted by Crippen LogP contribution is 2.54. The number of para-hydroxylation sites is 1. The Hall–Kier alpha value is -3.36. The van der Waals surface area contributed by atoms with E-state index in [4.69, 9.17) is 14.2 Å². The molecule has 1 N–H and O–H groups in total. The number of ether oxygens (including phenoxy) is 3. The van der Waals surface area contributed by atoms with E-state index in [1.165, 1.54) is 21.3 Å². The smallest absolute Gasteiger partial charge is 0.357 e. The van der Waals surface area contributed by atoms with E-state index in [1.807, 2.05) is 36.2 Å². The first-order valence-corrected chi connectivity index (χ1v) is 9.07. The summed E-state index contributed by atoms with van der Waals surface area (Å²) in [6.45, 7) is 0. The molecule has 152 valence electrons. The molecule has 29 heavy (non-hydrogen) atoms. The Morgan fingerprint density at radius 1 is 1.10 bits per heavy atom. The van der Waals surface area contributed by atoms with E-state index >= 15 is 0 Å². The molecule has 3 atom stereocenters. The summed E-state index contributed by atoms with van der Waals surface area (Å²) in [5.74, 6) is -1.43. The standard InChI is InChI=1S/C20H21N3O6/c1-23-12-8-6-5-7-10(12)20-9-11(16(24)27-2)21-19(20)22-14(18(26)29-4)13(15(20)23)17(25)28-3/h5-8,11,15H,9H2,1-4H3,(H,21,22)/t11-,15?,20-/m0/s1. The number of hydrogen-bond acceptors (Lipinski definition) is 9. The van der Waals surface area contributed by atoms with E-state index in [1.54, 1.807) is 0 Å². The number of hydrogen-bond donors (Lipinski definition) is 1. The number of carbonyl (C=O) groups excluding carboxylic acids is 3. The van der Waals surface area contributed by atoms with Gasteiger partial charge in [-0.1, -0.05) is 18.2 Å². The lowest BCUT2D eigenvalue weighted by Crippen LogP contribution is -2.53. The third-order valence-electron chi connectivity index (χ3n) is 5.90. The number of nitrogens with zero attached hydrogens (tertiary/aromatic N) is 2. The summed E-state index contributed by atoms with van der Waals surface area (Å²) in [7, 11) is 5.63. The van der Waals surface area contributed by atoms with E-state index in [2.05, 4.69) is 10.3 Å². The molecule has 3 aliphatic heterocycles. The Morgan fingerprint density at radius 2 is 1.79 bits per heavy atom. The molecule has 0 bridgehead atoms. The maximum atomic E-state index is 12.8. The number of likely N-dealkylation sites (N-methyl/N-ethyl adjacent to an activating group) is 1. The molecular formula is C20H21N3O6. The molecule has 0 radical (unpaired) electrons. The van der Waals surface area contributed by atoms with Crippen LogP contribution in [-0.4, -0.2) is 64.2 Å². The number of aliphatic imine (C=N–C) groups is 1. The van der Waals surface area contributed by atoms with Gasteiger partial charge >= 0.3 is 17.9 Å². The van der Waals surface area contributed by atoms with Crippen LogP contribution in [0.15, 0.2) is 40.5 Å². The molecule has 9 heteroatoms. The van der Waals surface area contributed by atoms with Gasteiger partial charge in [-0.15, -0.1) is 0 Å². The molecule has 1 saturated heterocycles. The van der Waals surface area contributed by atoms with Crippen LogP contribution in [0.2, 0.25) is 0 Å². The highest BCUT2D eigenvalue weighted by molar-refractivity contribution is 6.13. The molecule has 9 nitrogen and oxygen atoms in total. The Balaban J connectivity index is 2.00. The maximum absolute atomic E-state index is 12.8. The lowest BCUT2D eigenvalue weighted by atomic mass is 9.69. The van der Waals surface area contributed by atoms with Crippen molar-refractivity contribution in [3.8, 4) is 0 Å². The fourth-order valence-electron chi connectivity index (χ4n) is 4.75. The molecule has 3 aliphatic rings. The van der Waals surface area contributed by atoms with E-state index < -0.39 is 35.4 Å². The first-order valence-electron chi connectivity index (χ1n) is 9.07.